The zero-order valence-corrected chi connectivity index (χ0v) is 21.9. The predicted octanol–water partition coefficient (Wildman–Crippen LogP) is 4.38. The largest absolute Gasteiger partial charge is 0.441 e. The molecule has 0 spiro atoms. The summed E-state index contributed by atoms with van der Waals surface area (Å²) in [5.74, 6) is -0.196. The number of benzene rings is 2. The van der Waals surface area contributed by atoms with Crippen molar-refractivity contribution in [2.45, 2.75) is 17.4 Å². The number of amides is 2. The molecule has 2 amide bonds. The maximum atomic E-state index is 13.0. The summed E-state index contributed by atoms with van der Waals surface area (Å²) < 4.78 is 34.1. The summed E-state index contributed by atoms with van der Waals surface area (Å²) in [5, 5.41) is 1.26. The molecule has 196 valence electrons. The summed E-state index contributed by atoms with van der Waals surface area (Å²) in [4.78, 5) is 33.0. The molecule has 1 aromatic heterocycles. The lowest BCUT2D eigenvalue weighted by Crippen LogP contribution is -2.51. The molecular weight excluding hydrogens is 528 g/mol. The molecule has 38 heavy (non-hydrogen) atoms. The number of hydrogen-bond acceptors (Lipinski definition) is 6. The van der Waals surface area contributed by atoms with Gasteiger partial charge in [-0.15, -0.1) is 0 Å². The van der Waals surface area contributed by atoms with Crippen molar-refractivity contribution in [2.75, 3.05) is 30.9 Å². The highest BCUT2D eigenvalue weighted by Crippen LogP contribution is 2.24. The summed E-state index contributed by atoms with van der Waals surface area (Å²) >= 11 is 5.97. The van der Waals surface area contributed by atoms with Gasteiger partial charge in [-0.2, -0.15) is 0 Å². The van der Waals surface area contributed by atoms with Crippen LogP contribution in [0.25, 0.3) is 10.9 Å². The zero-order chi connectivity index (χ0) is 26.7. The first-order valence-corrected chi connectivity index (χ1v) is 13.9. The molecular formula is C27H25ClN4O5S. The fourth-order valence-electron chi connectivity index (χ4n) is 4.36. The van der Waals surface area contributed by atoms with Crippen molar-refractivity contribution in [3.63, 3.8) is 0 Å². The van der Waals surface area contributed by atoms with Gasteiger partial charge in [-0.25, -0.2) is 13.2 Å². The van der Waals surface area contributed by atoms with Gasteiger partial charge in [0.15, 0.2) is 0 Å². The summed E-state index contributed by atoms with van der Waals surface area (Å²) in [6, 6.07) is 14.8. The number of carbonyl (C=O) groups excluding carboxylic acids is 2. The quantitative estimate of drug-likeness (QED) is 0.503. The number of ether oxygens (including phenoxy) is 1. The normalized spacial score (nSPS) is 17.7. The van der Waals surface area contributed by atoms with E-state index in [2.05, 4.69) is 9.71 Å². The molecule has 0 radical (unpaired) electrons. The van der Waals surface area contributed by atoms with Crippen LogP contribution in [0.2, 0.25) is 0 Å². The van der Waals surface area contributed by atoms with E-state index in [0.717, 1.165) is 5.39 Å². The summed E-state index contributed by atoms with van der Waals surface area (Å²) in [7, 11) is -3.89. The number of carbonyl (C=O) groups is 2. The van der Waals surface area contributed by atoms with Crippen molar-refractivity contribution in [3.05, 3.63) is 89.6 Å². The van der Waals surface area contributed by atoms with Crippen molar-refractivity contribution < 1.29 is 22.7 Å². The number of aromatic nitrogens is 1. The second kappa shape index (κ2) is 10.8. The molecule has 11 heteroatoms. The average Bonchev–Trinajstić information content (AvgIpc) is 2.92. The van der Waals surface area contributed by atoms with Gasteiger partial charge >= 0.3 is 6.09 Å². The van der Waals surface area contributed by atoms with Crippen LogP contribution in [0.3, 0.4) is 0 Å². The smallest absolute Gasteiger partial charge is 0.410 e. The fourth-order valence-corrected chi connectivity index (χ4v) is 5.83. The van der Waals surface area contributed by atoms with E-state index >= 15 is 0 Å². The summed E-state index contributed by atoms with van der Waals surface area (Å²) in [6.45, 7) is 1.41. The van der Waals surface area contributed by atoms with Crippen LogP contribution in [0.5, 0.6) is 0 Å². The minimum atomic E-state index is -3.89. The van der Waals surface area contributed by atoms with Crippen molar-refractivity contribution in [1.29, 1.82) is 0 Å². The van der Waals surface area contributed by atoms with E-state index in [1.165, 1.54) is 6.07 Å². The van der Waals surface area contributed by atoms with Gasteiger partial charge in [0.1, 0.15) is 11.0 Å². The number of nitrogens with zero attached hydrogens (tertiary/aromatic N) is 3. The zero-order valence-electron chi connectivity index (χ0n) is 20.3. The second-order valence-corrected chi connectivity index (χ2v) is 11.0. The maximum Gasteiger partial charge on any atom is 0.410 e. The molecule has 1 unspecified atom stereocenters. The highest BCUT2D eigenvalue weighted by Gasteiger charge is 2.27. The Labute approximate surface area is 225 Å². The number of nitrogens with one attached hydrogen (secondary N) is 1. The van der Waals surface area contributed by atoms with Crippen molar-refractivity contribution in [3.8, 4) is 0 Å². The van der Waals surface area contributed by atoms with E-state index in [1.807, 2.05) is 6.08 Å². The van der Waals surface area contributed by atoms with Crippen molar-refractivity contribution in [2.24, 2.45) is 0 Å². The minimum absolute atomic E-state index is 0.0752. The van der Waals surface area contributed by atoms with Gasteiger partial charge in [-0.05, 0) is 48.6 Å². The van der Waals surface area contributed by atoms with E-state index < -0.39 is 22.2 Å². The van der Waals surface area contributed by atoms with Crippen LogP contribution in [-0.4, -0.2) is 67.5 Å². The Kier molecular flexibility index (Phi) is 7.35. The number of sulfonamides is 1. The van der Waals surface area contributed by atoms with E-state index in [0.29, 0.717) is 54.4 Å². The molecule has 1 atom stereocenters. The first-order chi connectivity index (χ1) is 18.3. The molecule has 1 fully saturated rings. The number of pyridine rings is 1. The van der Waals surface area contributed by atoms with E-state index in [4.69, 9.17) is 16.3 Å². The molecule has 0 bridgehead atoms. The Morgan fingerprint density at radius 1 is 0.974 bits per heavy atom. The SMILES string of the molecule is O=C(OC1C=C(Cl)C=CC1)N1CCN(C(=O)c2ccc(NS(=O)(=O)c3cccc4cccnc34)cc2)CC1. The first-order valence-electron chi connectivity index (χ1n) is 12.1. The number of piperazine rings is 1. The van der Waals surface area contributed by atoms with Gasteiger partial charge in [-0.1, -0.05) is 35.9 Å². The number of allylic oxidation sites excluding steroid dienone is 2. The van der Waals surface area contributed by atoms with Crippen LogP contribution >= 0.6 is 11.6 Å². The van der Waals surface area contributed by atoms with Gasteiger partial charge in [0, 0.05) is 60.5 Å². The Morgan fingerprint density at radius 2 is 1.68 bits per heavy atom. The molecule has 1 N–H and O–H groups in total. The molecule has 9 nitrogen and oxygen atoms in total. The number of anilines is 1. The third-order valence-corrected chi connectivity index (χ3v) is 8.00. The standard InChI is InChI=1S/C27H25ClN4O5S/c28-21-6-2-7-23(18-21)37-27(34)32-16-14-31(15-17-32)26(33)20-9-11-22(12-10-20)30-38(35,36)24-8-1-4-19-5-3-13-29-25(19)24/h1-6,8-13,18,23,30H,7,14-17H2. The predicted molar refractivity (Wildman–Crippen MR) is 144 cm³/mol. The fraction of sp³-hybridized carbons (Fsp3) is 0.222. The lowest BCUT2D eigenvalue weighted by atomic mass is 10.1. The van der Waals surface area contributed by atoms with Gasteiger partial charge in [0.2, 0.25) is 0 Å². The number of halogens is 1. The molecule has 1 saturated heterocycles. The minimum Gasteiger partial charge on any atom is -0.441 e. The van der Waals surface area contributed by atoms with Crippen LogP contribution < -0.4 is 4.72 Å². The first kappa shape index (κ1) is 25.7. The molecule has 1 aliphatic carbocycles. The van der Waals surface area contributed by atoms with Gasteiger partial charge in [-0.3, -0.25) is 14.5 Å². The number of rotatable bonds is 5. The molecule has 5 rings (SSSR count). The van der Waals surface area contributed by atoms with Gasteiger partial charge in [0.05, 0.1) is 5.52 Å². The molecule has 0 saturated carbocycles. The highest BCUT2D eigenvalue weighted by molar-refractivity contribution is 7.93. The topological polar surface area (TPSA) is 109 Å². The Balaban J connectivity index is 1.18. The summed E-state index contributed by atoms with van der Waals surface area (Å²) in [5.41, 5.74) is 1.13. The van der Waals surface area contributed by atoms with Gasteiger partial charge < -0.3 is 14.5 Å². The van der Waals surface area contributed by atoms with Crippen LogP contribution in [0.1, 0.15) is 16.8 Å². The van der Waals surface area contributed by atoms with Crippen molar-refractivity contribution in [1.82, 2.24) is 14.8 Å². The molecule has 2 aliphatic rings. The lowest BCUT2D eigenvalue weighted by Gasteiger charge is -2.34. The Hall–Kier alpha value is -3.89. The van der Waals surface area contributed by atoms with Crippen LogP contribution in [-0.2, 0) is 14.8 Å². The maximum absolute atomic E-state index is 13.0. The van der Waals surface area contributed by atoms with Crippen molar-refractivity contribution >= 4 is 50.2 Å². The van der Waals surface area contributed by atoms with Crippen LogP contribution in [0, 0.1) is 0 Å². The molecule has 3 aromatic rings. The number of para-hydroxylation sites is 1. The van der Waals surface area contributed by atoms with E-state index in [-0.39, 0.29) is 10.8 Å². The average molecular weight is 553 g/mol. The number of hydrogen-bond donors (Lipinski definition) is 1. The highest BCUT2D eigenvalue weighted by atomic mass is 35.5. The lowest BCUT2D eigenvalue weighted by molar-refractivity contribution is 0.0492. The molecule has 1 aliphatic heterocycles. The Bertz CT molecular complexity index is 1530. The Morgan fingerprint density at radius 3 is 2.42 bits per heavy atom. The summed E-state index contributed by atoms with van der Waals surface area (Å²) in [6.07, 6.45) is 6.61. The third kappa shape index (κ3) is 5.66. The molecule has 2 aromatic carbocycles. The number of fused-ring (bicyclic) bond motifs is 1. The van der Waals surface area contributed by atoms with Crippen LogP contribution in [0.4, 0.5) is 10.5 Å². The molecule has 2 heterocycles. The monoisotopic (exact) mass is 552 g/mol. The van der Waals surface area contributed by atoms with E-state index in [1.54, 1.807) is 76.7 Å². The third-order valence-electron chi connectivity index (χ3n) is 6.34. The second-order valence-electron chi connectivity index (χ2n) is 8.91. The van der Waals surface area contributed by atoms with Crippen LogP contribution in [0.15, 0.2) is 88.9 Å². The van der Waals surface area contributed by atoms with Gasteiger partial charge in [0.25, 0.3) is 15.9 Å². The van der Waals surface area contributed by atoms with E-state index in [9.17, 15) is 18.0 Å².